The number of carboxylic acids is 1. The van der Waals surface area contributed by atoms with Crippen molar-refractivity contribution < 1.29 is 27.9 Å². The average molecular weight is 370 g/mol. The minimum absolute atomic E-state index is 0.0914. The molecule has 1 aliphatic carbocycles. The van der Waals surface area contributed by atoms with Crippen LogP contribution in [0.3, 0.4) is 0 Å². The van der Waals surface area contributed by atoms with E-state index in [9.17, 15) is 27.9 Å². The molecule has 2 atom stereocenters. The number of carbonyl (C=O) groups excluding carboxylic acids is 1. The van der Waals surface area contributed by atoms with Gasteiger partial charge in [0.25, 0.3) is 0 Å². The summed E-state index contributed by atoms with van der Waals surface area (Å²) in [6.45, 7) is 2.00. The van der Waals surface area contributed by atoms with Crippen molar-refractivity contribution in [3.8, 4) is 0 Å². The maximum absolute atomic E-state index is 13.0. The Balaban J connectivity index is 1.74. The number of carboxylic acid groups (broad SMARTS) is 1. The van der Waals surface area contributed by atoms with Gasteiger partial charge >= 0.3 is 18.2 Å². The molecule has 2 aliphatic rings. The number of rotatable bonds is 4. The predicted molar refractivity (Wildman–Crippen MR) is 87.4 cm³/mol. The van der Waals surface area contributed by atoms with Crippen molar-refractivity contribution in [3.05, 3.63) is 35.4 Å². The van der Waals surface area contributed by atoms with Crippen LogP contribution in [0.2, 0.25) is 0 Å². The number of halogens is 3. The molecule has 26 heavy (non-hydrogen) atoms. The van der Waals surface area contributed by atoms with Gasteiger partial charge in [-0.2, -0.15) is 13.2 Å². The van der Waals surface area contributed by atoms with E-state index in [0.717, 1.165) is 25.0 Å². The first-order valence-corrected chi connectivity index (χ1v) is 8.56. The van der Waals surface area contributed by atoms with Gasteiger partial charge in [-0.05, 0) is 49.8 Å². The summed E-state index contributed by atoms with van der Waals surface area (Å²) in [4.78, 5) is 25.3. The lowest BCUT2D eigenvalue weighted by atomic mass is 9.90. The summed E-state index contributed by atoms with van der Waals surface area (Å²) in [6, 6.07) is 4.09. The molecule has 1 aliphatic heterocycles. The lowest BCUT2D eigenvalue weighted by Crippen LogP contribution is -2.42. The number of amides is 2. The van der Waals surface area contributed by atoms with E-state index < -0.39 is 35.2 Å². The number of nitrogens with zero attached hydrogens (tertiary/aromatic N) is 1. The Labute approximate surface area is 149 Å². The third-order valence-corrected chi connectivity index (χ3v) is 5.22. The number of urea groups is 1. The topological polar surface area (TPSA) is 69.6 Å². The van der Waals surface area contributed by atoms with Crippen LogP contribution in [0.25, 0.3) is 0 Å². The Morgan fingerprint density at radius 2 is 2.04 bits per heavy atom. The van der Waals surface area contributed by atoms with Gasteiger partial charge in [0.1, 0.15) is 0 Å². The monoisotopic (exact) mass is 370 g/mol. The Morgan fingerprint density at radius 3 is 2.58 bits per heavy atom. The summed E-state index contributed by atoms with van der Waals surface area (Å²) in [5.74, 6) is -0.847. The quantitative estimate of drug-likeness (QED) is 0.850. The molecule has 1 saturated carbocycles. The number of likely N-dealkylation sites (tertiary alicyclic amines) is 1. The van der Waals surface area contributed by atoms with Crippen molar-refractivity contribution >= 4 is 12.0 Å². The van der Waals surface area contributed by atoms with Crippen LogP contribution in [-0.4, -0.2) is 35.1 Å². The highest BCUT2D eigenvalue weighted by molar-refractivity contribution is 5.79. The molecule has 2 fully saturated rings. The Morgan fingerprint density at radius 1 is 1.35 bits per heavy atom. The SMILES string of the molecule is CC1(C(=O)O)CCN(C(=O)NC(c2cccc(C(F)(F)F)c2)C2CC2)C1. The zero-order valence-electron chi connectivity index (χ0n) is 14.3. The van der Waals surface area contributed by atoms with Gasteiger partial charge in [-0.3, -0.25) is 4.79 Å². The Kier molecular flexibility index (Phi) is 4.62. The third-order valence-electron chi connectivity index (χ3n) is 5.22. The van der Waals surface area contributed by atoms with Crippen molar-refractivity contribution in [1.82, 2.24) is 10.2 Å². The molecule has 8 heteroatoms. The smallest absolute Gasteiger partial charge is 0.416 e. The van der Waals surface area contributed by atoms with Gasteiger partial charge in [0.2, 0.25) is 0 Å². The molecule has 1 heterocycles. The van der Waals surface area contributed by atoms with Crippen LogP contribution < -0.4 is 5.32 Å². The first-order chi connectivity index (χ1) is 12.1. The van der Waals surface area contributed by atoms with Crippen molar-refractivity contribution in [3.63, 3.8) is 0 Å². The average Bonchev–Trinajstić information content (AvgIpc) is 3.33. The Bertz CT molecular complexity index is 718. The van der Waals surface area contributed by atoms with Gasteiger partial charge in [-0.25, -0.2) is 4.79 Å². The summed E-state index contributed by atoms with van der Waals surface area (Å²) in [5, 5.41) is 12.1. The van der Waals surface area contributed by atoms with E-state index >= 15 is 0 Å². The van der Waals surface area contributed by atoms with Crippen LogP contribution in [0, 0.1) is 11.3 Å². The van der Waals surface area contributed by atoms with Gasteiger partial charge in [-0.1, -0.05) is 12.1 Å². The van der Waals surface area contributed by atoms with Gasteiger partial charge in [0.05, 0.1) is 17.0 Å². The fourth-order valence-corrected chi connectivity index (χ4v) is 3.34. The standard InChI is InChI=1S/C18H21F3N2O3/c1-17(15(24)25)7-8-23(10-17)16(26)22-14(11-5-6-11)12-3-2-4-13(9-12)18(19,20)21/h2-4,9,11,14H,5-8,10H2,1H3,(H,22,26)(H,24,25). The summed E-state index contributed by atoms with van der Waals surface area (Å²) < 4.78 is 38.9. The van der Waals surface area contributed by atoms with Gasteiger partial charge in [0, 0.05) is 13.1 Å². The largest absolute Gasteiger partial charge is 0.481 e. The van der Waals surface area contributed by atoms with Crippen LogP contribution in [0.4, 0.5) is 18.0 Å². The molecular formula is C18H21F3N2O3. The van der Waals surface area contributed by atoms with Crippen LogP contribution >= 0.6 is 0 Å². The molecule has 142 valence electrons. The predicted octanol–water partition coefficient (Wildman–Crippen LogP) is 3.66. The second-order valence-electron chi connectivity index (χ2n) is 7.43. The molecule has 0 spiro atoms. The zero-order chi connectivity index (χ0) is 19.1. The van der Waals surface area contributed by atoms with Crippen molar-refractivity contribution in [1.29, 1.82) is 0 Å². The molecule has 0 radical (unpaired) electrons. The highest BCUT2D eigenvalue weighted by Crippen LogP contribution is 2.42. The molecule has 1 saturated heterocycles. The molecule has 1 aromatic carbocycles. The number of carbonyl (C=O) groups is 2. The van der Waals surface area contributed by atoms with Crippen LogP contribution in [0.5, 0.6) is 0 Å². The van der Waals surface area contributed by atoms with Crippen LogP contribution in [0.15, 0.2) is 24.3 Å². The van der Waals surface area contributed by atoms with E-state index in [4.69, 9.17) is 0 Å². The second-order valence-corrected chi connectivity index (χ2v) is 7.43. The summed E-state index contributed by atoms with van der Waals surface area (Å²) in [5.41, 5.74) is -1.30. The summed E-state index contributed by atoms with van der Waals surface area (Å²) in [6.07, 6.45) is -2.40. The highest BCUT2D eigenvalue weighted by Gasteiger charge is 2.43. The molecule has 2 N–H and O–H groups in total. The summed E-state index contributed by atoms with van der Waals surface area (Å²) >= 11 is 0. The van der Waals surface area contributed by atoms with Crippen molar-refractivity contribution in [2.45, 2.75) is 38.4 Å². The highest BCUT2D eigenvalue weighted by atomic mass is 19.4. The molecule has 5 nitrogen and oxygen atoms in total. The number of nitrogens with one attached hydrogen (secondary N) is 1. The maximum Gasteiger partial charge on any atom is 0.416 e. The van der Waals surface area contributed by atoms with Crippen LogP contribution in [-0.2, 0) is 11.0 Å². The van der Waals surface area contributed by atoms with E-state index in [1.807, 2.05) is 0 Å². The molecule has 2 amide bonds. The van der Waals surface area contributed by atoms with E-state index in [-0.39, 0.29) is 12.5 Å². The molecule has 0 aromatic heterocycles. The van der Waals surface area contributed by atoms with Gasteiger partial charge in [0.15, 0.2) is 0 Å². The molecule has 3 rings (SSSR count). The first kappa shape index (κ1) is 18.5. The number of hydrogen-bond acceptors (Lipinski definition) is 2. The number of alkyl halides is 3. The normalized spacial score (nSPS) is 24.4. The summed E-state index contributed by atoms with van der Waals surface area (Å²) in [7, 11) is 0. The lowest BCUT2D eigenvalue weighted by Gasteiger charge is -2.25. The minimum atomic E-state index is -4.44. The van der Waals surface area contributed by atoms with Crippen molar-refractivity contribution in [2.75, 3.05) is 13.1 Å². The van der Waals surface area contributed by atoms with Gasteiger partial charge < -0.3 is 15.3 Å². The minimum Gasteiger partial charge on any atom is -0.481 e. The maximum atomic E-state index is 13.0. The molecular weight excluding hydrogens is 349 g/mol. The van der Waals surface area contributed by atoms with E-state index in [1.165, 1.54) is 11.0 Å². The molecule has 1 aromatic rings. The zero-order valence-corrected chi connectivity index (χ0v) is 14.3. The fraction of sp³-hybridized carbons (Fsp3) is 0.556. The lowest BCUT2D eigenvalue weighted by molar-refractivity contribution is -0.147. The fourth-order valence-electron chi connectivity index (χ4n) is 3.34. The third kappa shape index (κ3) is 3.78. The molecule has 2 unspecified atom stereocenters. The molecule has 0 bridgehead atoms. The van der Waals surface area contributed by atoms with Crippen molar-refractivity contribution in [2.24, 2.45) is 11.3 Å². The number of benzene rings is 1. The Hall–Kier alpha value is -2.25. The van der Waals surface area contributed by atoms with Crippen LogP contribution in [0.1, 0.15) is 43.4 Å². The number of hydrogen-bond donors (Lipinski definition) is 2. The first-order valence-electron chi connectivity index (χ1n) is 8.56. The van der Waals surface area contributed by atoms with Gasteiger partial charge in [-0.15, -0.1) is 0 Å². The number of aliphatic carboxylic acids is 1. The van der Waals surface area contributed by atoms with E-state index in [2.05, 4.69) is 5.32 Å². The van der Waals surface area contributed by atoms with E-state index in [1.54, 1.807) is 13.0 Å². The second kappa shape index (κ2) is 6.48. The van der Waals surface area contributed by atoms with E-state index in [0.29, 0.717) is 18.5 Å².